The number of aryl methyl sites for hydroxylation is 1. The lowest BCUT2D eigenvalue weighted by atomic mass is 9.34. The van der Waals surface area contributed by atoms with Crippen LogP contribution in [-0.2, 0) is 0 Å². The van der Waals surface area contributed by atoms with Crippen LogP contribution in [-0.4, -0.2) is 6.71 Å². The fraction of sp³-hybridized carbons (Fsp3) is 0.0204. The predicted octanol–water partition coefficient (Wildman–Crippen LogP) is 11.4. The molecule has 3 aliphatic rings. The molecule has 55 heavy (non-hydrogen) atoms. The number of nitrogens with zero attached hydrogens (tertiary/aromatic N) is 3. The Balaban J connectivity index is 1.10. The highest BCUT2D eigenvalue weighted by molar-refractivity contribution is 6.98. The molecule has 0 aliphatic carbocycles. The molecule has 0 radical (unpaired) electrons. The fourth-order valence-electron chi connectivity index (χ4n) is 8.57. The van der Waals surface area contributed by atoms with Gasteiger partial charge in [0, 0.05) is 33.9 Å². The van der Waals surface area contributed by atoms with Gasteiger partial charge in [-0.1, -0.05) is 78.9 Å². The molecule has 0 saturated carbocycles. The molecule has 0 saturated heterocycles. The van der Waals surface area contributed by atoms with Gasteiger partial charge in [-0.15, -0.1) is 0 Å². The fourth-order valence-corrected chi connectivity index (χ4v) is 8.57. The van der Waals surface area contributed by atoms with Crippen LogP contribution in [0.2, 0.25) is 0 Å². The number of hydrogen-bond donors (Lipinski definition) is 0. The van der Waals surface area contributed by atoms with Gasteiger partial charge < -0.3 is 24.2 Å². The van der Waals surface area contributed by atoms with E-state index in [9.17, 15) is 0 Å². The summed E-state index contributed by atoms with van der Waals surface area (Å²) in [6, 6.07) is 66.5. The standard InChI is InChI=1S/C49H34BN3O2/c1-33-29-47-49-48(30-33)55-46-28-26-38(53-43-23-13-11-21-41(43)52(36-19-9-4-10-20-36)42-22-12-14-24-44(42)53)32-40(46)50(49)39-31-37(25-27-45(39)54-47)51(34-15-5-2-6-16-34)35-17-7-3-8-18-35/h2-32H,1H3. The molecule has 260 valence electrons. The van der Waals surface area contributed by atoms with Crippen molar-refractivity contribution in [1.29, 1.82) is 0 Å². The highest BCUT2D eigenvalue weighted by Gasteiger charge is 2.41. The van der Waals surface area contributed by atoms with E-state index in [1.807, 2.05) is 0 Å². The minimum Gasteiger partial charge on any atom is -0.458 e. The van der Waals surface area contributed by atoms with Crippen molar-refractivity contribution in [2.75, 3.05) is 14.7 Å². The number of hydrogen-bond acceptors (Lipinski definition) is 5. The number of fused-ring (bicyclic) bond motifs is 6. The number of ether oxygens (including phenoxy) is 2. The Hall–Kier alpha value is -7.18. The van der Waals surface area contributed by atoms with Gasteiger partial charge >= 0.3 is 0 Å². The Morgan fingerprint density at radius 3 is 1.40 bits per heavy atom. The summed E-state index contributed by atoms with van der Waals surface area (Å²) < 4.78 is 13.5. The highest BCUT2D eigenvalue weighted by atomic mass is 16.5. The van der Waals surface area contributed by atoms with Crippen LogP contribution in [0.25, 0.3) is 0 Å². The van der Waals surface area contributed by atoms with E-state index >= 15 is 0 Å². The van der Waals surface area contributed by atoms with Crippen LogP contribution in [0.4, 0.5) is 51.2 Å². The van der Waals surface area contributed by atoms with Crippen molar-refractivity contribution in [2.45, 2.75) is 6.92 Å². The van der Waals surface area contributed by atoms with Gasteiger partial charge in [0.05, 0.1) is 22.7 Å². The number of para-hydroxylation sites is 7. The van der Waals surface area contributed by atoms with Crippen LogP contribution < -0.4 is 40.6 Å². The number of benzene rings is 8. The topological polar surface area (TPSA) is 28.2 Å². The molecule has 0 atom stereocenters. The van der Waals surface area contributed by atoms with Gasteiger partial charge in [-0.25, -0.2) is 0 Å². The van der Waals surface area contributed by atoms with E-state index in [-0.39, 0.29) is 6.71 Å². The highest BCUT2D eigenvalue weighted by Crippen LogP contribution is 2.54. The average Bonchev–Trinajstić information content (AvgIpc) is 3.23. The Bertz CT molecular complexity index is 2650. The molecular formula is C49H34BN3O2. The van der Waals surface area contributed by atoms with Crippen LogP contribution >= 0.6 is 0 Å². The third-order valence-electron chi connectivity index (χ3n) is 10.9. The van der Waals surface area contributed by atoms with Gasteiger partial charge in [-0.3, -0.25) is 0 Å². The smallest absolute Gasteiger partial charge is 0.260 e. The van der Waals surface area contributed by atoms with Crippen molar-refractivity contribution in [3.8, 4) is 23.0 Å². The molecule has 3 heterocycles. The zero-order valence-corrected chi connectivity index (χ0v) is 30.1. The second-order valence-corrected chi connectivity index (χ2v) is 14.2. The molecule has 3 aliphatic heterocycles. The molecular weight excluding hydrogens is 673 g/mol. The molecule has 0 N–H and O–H groups in total. The lowest BCUT2D eigenvalue weighted by Crippen LogP contribution is -2.57. The Labute approximate surface area is 321 Å². The Morgan fingerprint density at radius 1 is 0.400 bits per heavy atom. The van der Waals surface area contributed by atoms with Gasteiger partial charge in [-0.05, 0) is 133 Å². The van der Waals surface area contributed by atoms with E-state index in [2.05, 4.69) is 210 Å². The SMILES string of the molecule is Cc1cc2c3c(c1)Oc1ccc(N4c5ccccc5N(c5ccccc5)c5ccccc54)cc1B3c1cc(N(c3ccccc3)c3ccccc3)ccc1O2. The molecule has 11 rings (SSSR count). The number of anilines is 9. The average molecular weight is 708 g/mol. The van der Waals surface area contributed by atoms with Gasteiger partial charge in [0.2, 0.25) is 0 Å². The quantitative estimate of drug-likeness (QED) is 0.166. The van der Waals surface area contributed by atoms with Gasteiger partial charge in [0.15, 0.2) is 0 Å². The first-order valence-corrected chi connectivity index (χ1v) is 18.7. The second-order valence-electron chi connectivity index (χ2n) is 14.2. The van der Waals surface area contributed by atoms with Crippen LogP contribution in [0, 0.1) is 6.92 Å². The van der Waals surface area contributed by atoms with E-state index < -0.39 is 0 Å². The summed E-state index contributed by atoms with van der Waals surface area (Å²) in [5.74, 6) is 3.38. The van der Waals surface area contributed by atoms with E-state index in [4.69, 9.17) is 9.47 Å². The molecule has 0 bridgehead atoms. The lowest BCUT2D eigenvalue weighted by molar-refractivity contribution is 0.464. The molecule has 0 fully saturated rings. The first-order valence-electron chi connectivity index (χ1n) is 18.7. The van der Waals surface area contributed by atoms with Crippen molar-refractivity contribution < 1.29 is 9.47 Å². The molecule has 0 aromatic heterocycles. The van der Waals surface area contributed by atoms with Crippen molar-refractivity contribution >= 4 is 74.3 Å². The first kappa shape index (κ1) is 31.4. The third kappa shape index (κ3) is 5.03. The second kappa shape index (κ2) is 12.5. The maximum atomic E-state index is 6.78. The maximum absolute atomic E-state index is 6.78. The van der Waals surface area contributed by atoms with Crippen molar-refractivity contribution in [2.24, 2.45) is 0 Å². The minimum absolute atomic E-state index is 0.123. The van der Waals surface area contributed by atoms with E-state index in [1.165, 1.54) is 0 Å². The molecule has 0 spiro atoms. The summed E-state index contributed by atoms with van der Waals surface area (Å²) in [5, 5.41) is 0. The summed E-state index contributed by atoms with van der Waals surface area (Å²) in [5.41, 5.74) is 14.2. The zero-order chi connectivity index (χ0) is 36.5. The monoisotopic (exact) mass is 707 g/mol. The first-order chi connectivity index (χ1) is 27.2. The predicted molar refractivity (Wildman–Crippen MR) is 226 cm³/mol. The molecule has 8 aromatic carbocycles. The minimum atomic E-state index is -0.123. The molecule has 0 unspecified atom stereocenters. The van der Waals surface area contributed by atoms with Crippen molar-refractivity contribution in [3.63, 3.8) is 0 Å². The molecule has 0 amide bonds. The maximum Gasteiger partial charge on any atom is 0.260 e. The van der Waals surface area contributed by atoms with Crippen molar-refractivity contribution in [3.05, 3.63) is 194 Å². The lowest BCUT2D eigenvalue weighted by Gasteiger charge is -2.41. The van der Waals surface area contributed by atoms with E-state index in [1.54, 1.807) is 0 Å². The van der Waals surface area contributed by atoms with Gasteiger partial charge in [-0.2, -0.15) is 0 Å². The summed E-state index contributed by atoms with van der Waals surface area (Å²) >= 11 is 0. The van der Waals surface area contributed by atoms with Gasteiger partial charge in [0.1, 0.15) is 23.0 Å². The van der Waals surface area contributed by atoms with Crippen molar-refractivity contribution in [1.82, 2.24) is 0 Å². The number of rotatable bonds is 5. The van der Waals surface area contributed by atoms with Crippen LogP contribution in [0.15, 0.2) is 188 Å². The molecule has 8 aromatic rings. The summed E-state index contributed by atoms with van der Waals surface area (Å²) in [4.78, 5) is 7.05. The largest absolute Gasteiger partial charge is 0.458 e. The Morgan fingerprint density at radius 2 is 0.855 bits per heavy atom. The van der Waals surface area contributed by atoms with Crippen LogP contribution in [0.3, 0.4) is 0 Å². The zero-order valence-electron chi connectivity index (χ0n) is 30.1. The summed E-state index contributed by atoms with van der Waals surface area (Å²) in [6.07, 6.45) is 0. The Kier molecular flexibility index (Phi) is 7.11. The van der Waals surface area contributed by atoms with Gasteiger partial charge in [0.25, 0.3) is 6.71 Å². The van der Waals surface area contributed by atoms with Crippen LogP contribution in [0.5, 0.6) is 23.0 Å². The normalized spacial score (nSPS) is 13.0. The van der Waals surface area contributed by atoms with E-state index in [0.717, 1.165) is 96.1 Å². The molecule has 6 heteroatoms. The van der Waals surface area contributed by atoms with E-state index in [0.29, 0.717) is 0 Å². The summed E-state index contributed by atoms with van der Waals surface area (Å²) in [7, 11) is 0. The third-order valence-corrected chi connectivity index (χ3v) is 10.9. The summed E-state index contributed by atoms with van der Waals surface area (Å²) in [6.45, 7) is 1.97. The molecule has 5 nitrogen and oxygen atoms in total. The van der Waals surface area contributed by atoms with Crippen LogP contribution in [0.1, 0.15) is 5.56 Å².